The zero-order valence-electron chi connectivity index (χ0n) is 17.1. The first kappa shape index (κ1) is 20.0. The van der Waals surface area contributed by atoms with Crippen LogP contribution in [0.4, 0.5) is 5.82 Å². The highest BCUT2D eigenvalue weighted by Crippen LogP contribution is 2.32. The summed E-state index contributed by atoms with van der Waals surface area (Å²) in [5.74, 6) is 1.57. The van der Waals surface area contributed by atoms with E-state index in [0.29, 0.717) is 19.8 Å². The van der Waals surface area contributed by atoms with Crippen LogP contribution in [0.25, 0.3) is 11.1 Å². The third-order valence-corrected chi connectivity index (χ3v) is 5.07. The second-order valence-electron chi connectivity index (χ2n) is 7.16. The summed E-state index contributed by atoms with van der Waals surface area (Å²) in [6, 6.07) is 17.8. The van der Waals surface area contributed by atoms with Gasteiger partial charge in [0.05, 0.1) is 20.3 Å². The Bertz CT molecular complexity index is 981. The van der Waals surface area contributed by atoms with E-state index in [2.05, 4.69) is 10.2 Å². The molecular formula is C23H26N4O3. The molecule has 0 saturated carbocycles. The SMILES string of the molecule is COc1cccc(-c2cn(CC(=O)NCc3ccccc3)nc2N2CCOCC2)c1. The van der Waals surface area contributed by atoms with Gasteiger partial charge in [-0.2, -0.15) is 5.10 Å². The standard InChI is InChI=1S/C23H26N4O3/c1-29-20-9-5-8-19(14-20)21-16-27(25-23(21)26-10-12-30-13-11-26)17-22(28)24-15-18-6-3-2-4-7-18/h2-9,14,16H,10-13,15,17H2,1H3,(H,24,28). The number of methoxy groups -OCH3 is 1. The first-order valence-electron chi connectivity index (χ1n) is 10.1. The number of ether oxygens (including phenoxy) is 2. The molecule has 3 aromatic rings. The van der Waals surface area contributed by atoms with Crippen LogP contribution in [0.3, 0.4) is 0 Å². The lowest BCUT2D eigenvalue weighted by Crippen LogP contribution is -2.37. The molecule has 0 spiro atoms. The predicted molar refractivity (Wildman–Crippen MR) is 116 cm³/mol. The minimum Gasteiger partial charge on any atom is -0.497 e. The van der Waals surface area contributed by atoms with Crippen LogP contribution in [-0.2, 0) is 22.6 Å². The lowest BCUT2D eigenvalue weighted by Gasteiger charge is -2.27. The average molecular weight is 406 g/mol. The number of carbonyl (C=O) groups excluding carboxylic acids is 1. The molecule has 7 nitrogen and oxygen atoms in total. The van der Waals surface area contributed by atoms with Gasteiger partial charge < -0.3 is 19.7 Å². The number of hydrogen-bond donors (Lipinski definition) is 1. The summed E-state index contributed by atoms with van der Waals surface area (Å²) < 4.78 is 12.6. The van der Waals surface area contributed by atoms with E-state index in [1.807, 2.05) is 60.8 Å². The molecule has 0 aliphatic carbocycles. The van der Waals surface area contributed by atoms with Crippen LogP contribution in [0.15, 0.2) is 60.8 Å². The van der Waals surface area contributed by atoms with Crippen molar-refractivity contribution >= 4 is 11.7 Å². The van der Waals surface area contributed by atoms with Crippen molar-refractivity contribution < 1.29 is 14.3 Å². The number of anilines is 1. The van der Waals surface area contributed by atoms with E-state index in [1.165, 1.54) is 0 Å². The highest BCUT2D eigenvalue weighted by atomic mass is 16.5. The second kappa shape index (κ2) is 9.45. The van der Waals surface area contributed by atoms with Crippen LogP contribution >= 0.6 is 0 Å². The Morgan fingerprint density at radius 1 is 1.13 bits per heavy atom. The van der Waals surface area contributed by atoms with Crippen LogP contribution in [0.5, 0.6) is 5.75 Å². The van der Waals surface area contributed by atoms with Crippen LogP contribution in [0.2, 0.25) is 0 Å². The van der Waals surface area contributed by atoms with Crippen molar-refractivity contribution in [1.82, 2.24) is 15.1 Å². The Hall–Kier alpha value is -3.32. The molecule has 4 rings (SSSR count). The highest BCUT2D eigenvalue weighted by Gasteiger charge is 2.21. The number of nitrogens with zero attached hydrogens (tertiary/aromatic N) is 3. The summed E-state index contributed by atoms with van der Waals surface area (Å²) >= 11 is 0. The second-order valence-corrected chi connectivity index (χ2v) is 7.16. The van der Waals surface area contributed by atoms with Gasteiger partial charge in [-0.05, 0) is 23.3 Å². The molecule has 1 amide bonds. The van der Waals surface area contributed by atoms with E-state index in [-0.39, 0.29) is 12.5 Å². The maximum absolute atomic E-state index is 12.5. The quantitative estimate of drug-likeness (QED) is 0.653. The smallest absolute Gasteiger partial charge is 0.241 e. The molecule has 0 unspecified atom stereocenters. The molecule has 0 bridgehead atoms. The van der Waals surface area contributed by atoms with Crippen molar-refractivity contribution in [3.8, 4) is 16.9 Å². The third kappa shape index (κ3) is 4.80. The molecule has 156 valence electrons. The Morgan fingerprint density at radius 2 is 1.93 bits per heavy atom. The van der Waals surface area contributed by atoms with Gasteiger partial charge in [0, 0.05) is 31.4 Å². The molecule has 1 aliphatic heterocycles. The van der Waals surface area contributed by atoms with E-state index < -0.39 is 0 Å². The molecule has 1 aliphatic rings. The van der Waals surface area contributed by atoms with Crippen LogP contribution in [0, 0.1) is 0 Å². The number of hydrogen-bond acceptors (Lipinski definition) is 5. The Balaban J connectivity index is 1.54. The van der Waals surface area contributed by atoms with Crippen molar-refractivity contribution in [1.29, 1.82) is 0 Å². The van der Waals surface area contributed by atoms with E-state index in [1.54, 1.807) is 11.8 Å². The van der Waals surface area contributed by atoms with Gasteiger partial charge in [0.1, 0.15) is 12.3 Å². The molecule has 2 heterocycles. The summed E-state index contributed by atoms with van der Waals surface area (Å²) in [4.78, 5) is 14.7. The van der Waals surface area contributed by atoms with Gasteiger partial charge >= 0.3 is 0 Å². The minimum absolute atomic E-state index is 0.0768. The Morgan fingerprint density at radius 3 is 2.70 bits per heavy atom. The fourth-order valence-corrected chi connectivity index (χ4v) is 3.49. The number of carbonyl (C=O) groups is 1. The van der Waals surface area contributed by atoms with E-state index in [4.69, 9.17) is 14.6 Å². The van der Waals surface area contributed by atoms with Gasteiger partial charge in [-0.3, -0.25) is 9.48 Å². The molecule has 1 fully saturated rings. The molecule has 1 aromatic heterocycles. The fraction of sp³-hybridized carbons (Fsp3) is 0.304. The summed E-state index contributed by atoms with van der Waals surface area (Å²) in [5, 5.41) is 7.71. The summed E-state index contributed by atoms with van der Waals surface area (Å²) in [5.41, 5.74) is 3.05. The summed E-state index contributed by atoms with van der Waals surface area (Å²) in [7, 11) is 1.66. The fourth-order valence-electron chi connectivity index (χ4n) is 3.49. The Kier molecular flexibility index (Phi) is 6.29. The molecule has 0 atom stereocenters. The van der Waals surface area contributed by atoms with Gasteiger partial charge in [-0.15, -0.1) is 0 Å². The van der Waals surface area contributed by atoms with Crippen LogP contribution in [0.1, 0.15) is 5.56 Å². The normalized spacial score (nSPS) is 13.8. The number of morpholine rings is 1. The van der Waals surface area contributed by atoms with E-state index in [0.717, 1.165) is 41.3 Å². The van der Waals surface area contributed by atoms with Gasteiger partial charge in [-0.1, -0.05) is 42.5 Å². The lowest BCUT2D eigenvalue weighted by atomic mass is 10.1. The van der Waals surface area contributed by atoms with Crippen molar-refractivity contribution in [2.45, 2.75) is 13.1 Å². The van der Waals surface area contributed by atoms with Crippen molar-refractivity contribution in [2.75, 3.05) is 38.3 Å². The summed E-state index contributed by atoms with van der Waals surface area (Å²) in [6.45, 7) is 3.54. The average Bonchev–Trinajstić information content (AvgIpc) is 3.23. The molecule has 2 aromatic carbocycles. The largest absolute Gasteiger partial charge is 0.497 e. The first-order valence-corrected chi connectivity index (χ1v) is 10.1. The van der Waals surface area contributed by atoms with Crippen molar-refractivity contribution in [3.63, 3.8) is 0 Å². The molecular weight excluding hydrogens is 380 g/mol. The van der Waals surface area contributed by atoms with Gasteiger partial charge in [0.2, 0.25) is 5.91 Å². The van der Waals surface area contributed by atoms with Gasteiger partial charge in [-0.25, -0.2) is 0 Å². The maximum atomic E-state index is 12.5. The first-order chi connectivity index (χ1) is 14.7. The zero-order chi connectivity index (χ0) is 20.8. The molecule has 7 heteroatoms. The number of nitrogens with one attached hydrogen (secondary N) is 1. The van der Waals surface area contributed by atoms with Crippen molar-refractivity contribution in [2.24, 2.45) is 0 Å². The number of aromatic nitrogens is 2. The minimum atomic E-state index is -0.0768. The predicted octanol–water partition coefficient (Wildman–Crippen LogP) is 2.71. The monoisotopic (exact) mass is 406 g/mol. The van der Waals surface area contributed by atoms with Gasteiger partial charge in [0.25, 0.3) is 0 Å². The third-order valence-electron chi connectivity index (χ3n) is 5.07. The van der Waals surface area contributed by atoms with E-state index in [9.17, 15) is 4.79 Å². The van der Waals surface area contributed by atoms with E-state index >= 15 is 0 Å². The molecule has 1 saturated heterocycles. The van der Waals surface area contributed by atoms with Crippen LogP contribution < -0.4 is 15.0 Å². The zero-order valence-corrected chi connectivity index (χ0v) is 17.1. The maximum Gasteiger partial charge on any atom is 0.241 e. The number of amides is 1. The topological polar surface area (TPSA) is 68.6 Å². The molecule has 30 heavy (non-hydrogen) atoms. The van der Waals surface area contributed by atoms with Crippen LogP contribution in [-0.4, -0.2) is 49.1 Å². The number of rotatable bonds is 7. The Labute approximate surface area is 176 Å². The highest BCUT2D eigenvalue weighted by molar-refractivity contribution is 5.78. The van der Waals surface area contributed by atoms with Crippen molar-refractivity contribution in [3.05, 3.63) is 66.4 Å². The molecule has 1 N–H and O–H groups in total. The lowest BCUT2D eigenvalue weighted by molar-refractivity contribution is -0.122. The molecule has 0 radical (unpaired) electrons. The van der Waals surface area contributed by atoms with Gasteiger partial charge in [0.15, 0.2) is 5.82 Å². The number of benzene rings is 2. The summed E-state index contributed by atoms with van der Waals surface area (Å²) in [6.07, 6.45) is 1.93.